The number of aromatic nitrogens is 1. The fourth-order valence-electron chi connectivity index (χ4n) is 4.90. The highest BCUT2D eigenvalue weighted by molar-refractivity contribution is 5.84. The normalized spacial score (nSPS) is 16.6. The molecule has 6 nitrogen and oxygen atoms in total. The van der Waals surface area contributed by atoms with Gasteiger partial charge >= 0.3 is 0 Å². The Hall–Kier alpha value is -2.95. The zero-order valence-corrected chi connectivity index (χ0v) is 20.5. The van der Waals surface area contributed by atoms with Crippen molar-refractivity contribution < 1.29 is 37.2 Å². The van der Waals surface area contributed by atoms with Gasteiger partial charge in [0, 0.05) is 36.2 Å². The number of aliphatic hydroxyl groups is 2. The molecular formula is C27H30F4N2O4. The number of hydrogen-bond donors (Lipinski definition) is 2. The topological polar surface area (TPSA) is 75.0 Å². The van der Waals surface area contributed by atoms with Gasteiger partial charge in [0.15, 0.2) is 17.4 Å². The molecule has 0 saturated carbocycles. The molecule has 0 spiro atoms. The maximum Gasteiger partial charge on any atom is 0.190 e. The van der Waals surface area contributed by atoms with E-state index < -0.39 is 40.5 Å². The second-order valence-electron chi connectivity index (χ2n) is 9.50. The van der Waals surface area contributed by atoms with Gasteiger partial charge in [0.2, 0.25) is 0 Å². The smallest absolute Gasteiger partial charge is 0.190 e. The van der Waals surface area contributed by atoms with E-state index in [-0.39, 0.29) is 25.2 Å². The summed E-state index contributed by atoms with van der Waals surface area (Å²) in [6.07, 6.45) is 1.99. The van der Waals surface area contributed by atoms with Crippen molar-refractivity contribution in [1.29, 1.82) is 0 Å². The van der Waals surface area contributed by atoms with Gasteiger partial charge in [-0.05, 0) is 62.4 Å². The van der Waals surface area contributed by atoms with Crippen molar-refractivity contribution in [2.24, 2.45) is 5.41 Å². The molecule has 0 amide bonds. The summed E-state index contributed by atoms with van der Waals surface area (Å²) in [4.78, 5) is 6.14. The Morgan fingerprint density at radius 2 is 1.76 bits per heavy atom. The van der Waals surface area contributed by atoms with Gasteiger partial charge in [-0.2, -0.15) is 0 Å². The molecule has 0 aliphatic carbocycles. The van der Waals surface area contributed by atoms with E-state index in [1.54, 1.807) is 18.2 Å². The van der Waals surface area contributed by atoms with E-state index in [4.69, 9.17) is 9.47 Å². The molecule has 1 aliphatic rings. The predicted octanol–water partition coefficient (Wildman–Crippen LogP) is 4.77. The number of benzene rings is 2. The average molecular weight is 523 g/mol. The first-order valence-electron chi connectivity index (χ1n) is 12.2. The molecule has 1 atom stereocenters. The number of aliphatic hydroxyl groups excluding tert-OH is 2. The second-order valence-corrected chi connectivity index (χ2v) is 9.50. The van der Waals surface area contributed by atoms with Crippen molar-refractivity contribution >= 4 is 10.9 Å². The van der Waals surface area contributed by atoms with Crippen LogP contribution in [0.1, 0.15) is 37.4 Å². The predicted molar refractivity (Wildman–Crippen MR) is 129 cm³/mol. The number of piperidine rings is 1. The summed E-state index contributed by atoms with van der Waals surface area (Å²) in [5.41, 5.74) is 0.265. The van der Waals surface area contributed by atoms with Gasteiger partial charge in [0.1, 0.15) is 24.0 Å². The highest BCUT2D eigenvalue weighted by Crippen LogP contribution is 2.39. The lowest BCUT2D eigenvalue weighted by molar-refractivity contribution is 0.0199. The third-order valence-electron chi connectivity index (χ3n) is 7.22. The third-order valence-corrected chi connectivity index (χ3v) is 7.22. The van der Waals surface area contributed by atoms with Crippen molar-refractivity contribution in [2.45, 2.75) is 31.8 Å². The average Bonchev–Trinajstić information content (AvgIpc) is 2.89. The minimum Gasteiger partial charge on any atom is -0.497 e. The molecule has 10 heteroatoms. The first-order chi connectivity index (χ1) is 17.7. The molecule has 2 aromatic carbocycles. The number of ether oxygens (including phenoxy) is 2. The van der Waals surface area contributed by atoms with E-state index in [0.29, 0.717) is 67.7 Å². The van der Waals surface area contributed by atoms with Crippen molar-refractivity contribution in [3.05, 3.63) is 65.4 Å². The van der Waals surface area contributed by atoms with Crippen LogP contribution in [0.2, 0.25) is 0 Å². The van der Waals surface area contributed by atoms with Gasteiger partial charge in [-0.25, -0.2) is 17.6 Å². The van der Waals surface area contributed by atoms with E-state index in [1.807, 2.05) is 4.90 Å². The molecule has 4 rings (SSSR count). The van der Waals surface area contributed by atoms with Gasteiger partial charge in [0.05, 0.1) is 24.9 Å². The minimum atomic E-state index is -1.09. The molecule has 0 radical (unpaired) electrons. The molecule has 0 unspecified atom stereocenters. The molecule has 1 aromatic heterocycles. The zero-order chi connectivity index (χ0) is 26.6. The molecule has 1 saturated heterocycles. The summed E-state index contributed by atoms with van der Waals surface area (Å²) >= 11 is 0. The number of methoxy groups -OCH3 is 1. The van der Waals surface area contributed by atoms with Gasteiger partial charge in [0.25, 0.3) is 0 Å². The molecule has 0 bridgehead atoms. The van der Waals surface area contributed by atoms with Gasteiger partial charge in [-0.1, -0.05) is 0 Å². The number of fused-ring (bicyclic) bond motifs is 1. The van der Waals surface area contributed by atoms with Crippen LogP contribution < -0.4 is 9.47 Å². The molecule has 2 heterocycles. The SMILES string of the molecule is COc1ccc2ncc(F)c([C@H](O)CCC3(CO)CCN(CCOc4c(F)cc(F)cc4F)CC3)c2c1. The van der Waals surface area contributed by atoms with Gasteiger partial charge in [-0.15, -0.1) is 0 Å². The molecule has 200 valence electrons. The summed E-state index contributed by atoms with van der Waals surface area (Å²) < 4.78 is 65.7. The Bertz CT molecular complexity index is 1210. The van der Waals surface area contributed by atoms with Crippen LogP contribution in [0.4, 0.5) is 17.6 Å². The van der Waals surface area contributed by atoms with E-state index in [2.05, 4.69) is 4.98 Å². The van der Waals surface area contributed by atoms with Crippen molar-refractivity contribution in [2.75, 3.05) is 40.0 Å². The fraction of sp³-hybridized carbons (Fsp3) is 0.444. The van der Waals surface area contributed by atoms with E-state index in [0.717, 1.165) is 6.20 Å². The number of halogens is 4. The molecule has 2 N–H and O–H groups in total. The molecular weight excluding hydrogens is 492 g/mol. The monoisotopic (exact) mass is 522 g/mol. The summed E-state index contributed by atoms with van der Waals surface area (Å²) in [5, 5.41) is 21.6. The van der Waals surface area contributed by atoms with Crippen LogP contribution in [0.5, 0.6) is 11.5 Å². The van der Waals surface area contributed by atoms with Crippen molar-refractivity contribution in [3.63, 3.8) is 0 Å². The molecule has 1 aliphatic heterocycles. The summed E-state index contributed by atoms with van der Waals surface area (Å²) in [7, 11) is 1.51. The zero-order valence-electron chi connectivity index (χ0n) is 20.5. The van der Waals surface area contributed by atoms with E-state index in [9.17, 15) is 27.8 Å². The Kier molecular flexibility index (Phi) is 8.51. The maximum absolute atomic E-state index is 14.7. The van der Waals surface area contributed by atoms with Crippen LogP contribution in [0.3, 0.4) is 0 Å². The first kappa shape index (κ1) is 27.1. The van der Waals surface area contributed by atoms with Crippen LogP contribution in [0.15, 0.2) is 36.5 Å². The van der Waals surface area contributed by atoms with Crippen LogP contribution in [-0.4, -0.2) is 60.1 Å². The van der Waals surface area contributed by atoms with Gasteiger partial charge < -0.3 is 19.7 Å². The van der Waals surface area contributed by atoms with E-state index >= 15 is 0 Å². The van der Waals surface area contributed by atoms with Gasteiger partial charge in [-0.3, -0.25) is 9.88 Å². The largest absolute Gasteiger partial charge is 0.497 e. The lowest BCUT2D eigenvalue weighted by atomic mass is 9.74. The molecule has 3 aromatic rings. The minimum absolute atomic E-state index is 0.0160. The van der Waals surface area contributed by atoms with Crippen LogP contribution in [0.25, 0.3) is 10.9 Å². The molecule has 37 heavy (non-hydrogen) atoms. The Morgan fingerprint density at radius 3 is 2.41 bits per heavy atom. The summed E-state index contributed by atoms with van der Waals surface area (Å²) in [5.74, 6) is -3.87. The number of rotatable bonds is 10. The van der Waals surface area contributed by atoms with Crippen LogP contribution in [0, 0.1) is 28.7 Å². The number of hydrogen-bond acceptors (Lipinski definition) is 6. The highest BCUT2D eigenvalue weighted by Gasteiger charge is 2.35. The molecule has 1 fully saturated rings. The summed E-state index contributed by atoms with van der Waals surface area (Å²) in [6.45, 7) is 1.55. The lowest BCUT2D eigenvalue weighted by Crippen LogP contribution is -2.43. The lowest BCUT2D eigenvalue weighted by Gasteiger charge is -2.41. The van der Waals surface area contributed by atoms with Crippen LogP contribution in [-0.2, 0) is 0 Å². The number of pyridine rings is 1. The third kappa shape index (κ3) is 6.14. The highest BCUT2D eigenvalue weighted by atomic mass is 19.1. The number of nitrogens with zero attached hydrogens (tertiary/aromatic N) is 2. The first-order valence-corrected chi connectivity index (χ1v) is 12.2. The second kappa shape index (κ2) is 11.6. The van der Waals surface area contributed by atoms with Crippen molar-refractivity contribution in [3.8, 4) is 11.5 Å². The summed E-state index contributed by atoms with van der Waals surface area (Å²) in [6, 6.07) is 6.21. The Balaban J connectivity index is 1.33. The Morgan fingerprint density at radius 1 is 1.05 bits per heavy atom. The maximum atomic E-state index is 14.7. The van der Waals surface area contributed by atoms with E-state index in [1.165, 1.54) is 7.11 Å². The standard InChI is InChI=1S/C27H30F4N2O4/c1-36-18-2-3-23-19(14-18)25(22(31)15-32-23)24(35)4-5-27(16-34)6-8-33(9-7-27)10-11-37-26-20(29)12-17(28)13-21(26)30/h2-3,12-15,24,34-35H,4-11,16H2,1H3/t24-/m1/s1. The van der Waals surface area contributed by atoms with Crippen LogP contribution >= 0.6 is 0 Å². The Labute approximate surface area is 212 Å². The fourth-order valence-corrected chi connectivity index (χ4v) is 4.90. The quantitative estimate of drug-likeness (QED) is 0.374. The van der Waals surface area contributed by atoms with Crippen molar-refractivity contribution in [1.82, 2.24) is 9.88 Å². The number of likely N-dealkylation sites (tertiary alicyclic amines) is 1.